The summed E-state index contributed by atoms with van der Waals surface area (Å²) in [5, 5.41) is -0.512. The number of nitrogens with zero attached hydrogens (tertiary/aromatic N) is 3. The zero-order valence-corrected chi connectivity index (χ0v) is 20.4. The minimum Gasteiger partial charge on any atom is -0.319 e. The average Bonchev–Trinajstić information content (AvgIpc) is 3.14. The predicted octanol–water partition coefficient (Wildman–Crippen LogP) is 5.01. The number of hydrogen-bond acceptors (Lipinski definition) is 5. The fraction of sp³-hybridized carbons (Fsp3) is 0.391. The zero-order valence-electron chi connectivity index (χ0n) is 18.7. The largest absolute Gasteiger partial charge is 0.319 e. The Morgan fingerprint density at radius 3 is 2.35 bits per heavy atom. The minimum atomic E-state index is -3.64. The molecule has 3 aromatic rings. The number of sulfonamides is 1. The maximum Gasteiger partial charge on any atom is 0.243 e. The Morgan fingerprint density at radius 1 is 1.09 bits per heavy atom. The number of aromatic nitrogens is 2. The summed E-state index contributed by atoms with van der Waals surface area (Å²) in [6.45, 7) is 4.81. The molecule has 1 aromatic heterocycles. The molecular weight excluding hydrogens is 487 g/mol. The fourth-order valence-electron chi connectivity index (χ4n) is 4.09. The Balaban J connectivity index is 1.65. The summed E-state index contributed by atoms with van der Waals surface area (Å²) in [7, 11) is -3.64. The van der Waals surface area contributed by atoms with Gasteiger partial charge in [0.15, 0.2) is 10.9 Å². The van der Waals surface area contributed by atoms with E-state index in [0.717, 1.165) is 31.0 Å². The zero-order chi connectivity index (χ0) is 24.6. The van der Waals surface area contributed by atoms with E-state index in [0.29, 0.717) is 48.0 Å². The molecule has 2 heterocycles. The van der Waals surface area contributed by atoms with Gasteiger partial charge in [0.05, 0.1) is 26.7 Å². The van der Waals surface area contributed by atoms with E-state index in [-0.39, 0.29) is 4.90 Å². The first-order chi connectivity index (χ1) is 16.1. The molecule has 1 aliphatic heterocycles. The van der Waals surface area contributed by atoms with Crippen molar-refractivity contribution in [1.29, 1.82) is 0 Å². The van der Waals surface area contributed by atoms with E-state index in [1.165, 1.54) is 17.3 Å². The van der Waals surface area contributed by atoms with Crippen LogP contribution < -0.4 is 0 Å². The number of benzene rings is 2. The molecule has 4 rings (SSSR count). The van der Waals surface area contributed by atoms with E-state index in [4.69, 9.17) is 0 Å². The Kier molecular flexibility index (Phi) is 7.07. The molecule has 0 bridgehead atoms. The number of Topliss-reactive ketones (excluding diaryl/α,β-unsaturated/α-hetero) is 1. The molecule has 2 aromatic carbocycles. The van der Waals surface area contributed by atoms with Crippen molar-refractivity contribution in [3.8, 4) is 0 Å². The van der Waals surface area contributed by atoms with Gasteiger partial charge in [-0.1, -0.05) is 18.2 Å². The van der Waals surface area contributed by atoms with Gasteiger partial charge in [-0.05, 0) is 44.9 Å². The number of aryl methyl sites for hydroxylation is 1. The van der Waals surface area contributed by atoms with E-state index < -0.39 is 44.1 Å². The molecule has 11 heteroatoms. The first-order valence-electron chi connectivity index (χ1n) is 11.0. The van der Waals surface area contributed by atoms with Gasteiger partial charge in [0.25, 0.3) is 0 Å². The summed E-state index contributed by atoms with van der Waals surface area (Å²) in [6.07, 6.45) is 2.66. The van der Waals surface area contributed by atoms with Crippen LogP contribution in [-0.4, -0.2) is 46.4 Å². The van der Waals surface area contributed by atoms with Gasteiger partial charge in [0.2, 0.25) is 10.0 Å². The SMILES string of the molecule is CCn1c(SC(C)C(=O)c2c(F)cc(F)cc2F)nc2cc(S(=O)(=O)N3CCCCC3)ccc21. The van der Waals surface area contributed by atoms with Crippen LogP contribution in [0.25, 0.3) is 11.0 Å². The molecule has 6 nitrogen and oxygen atoms in total. The van der Waals surface area contributed by atoms with Crippen LogP contribution in [0.1, 0.15) is 43.5 Å². The van der Waals surface area contributed by atoms with Gasteiger partial charge in [0, 0.05) is 31.8 Å². The maximum atomic E-state index is 14.1. The van der Waals surface area contributed by atoms with Crippen LogP contribution in [0.2, 0.25) is 0 Å². The summed E-state index contributed by atoms with van der Waals surface area (Å²) >= 11 is 1.00. The van der Waals surface area contributed by atoms with Crippen LogP contribution in [-0.2, 0) is 16.6 Å². The Morgan fingerprint density at radius 2 is 1.74 bits per heavy atom. The monoisotopic (exact) mass is 511 g/mol. The highest BCUT2D eigenvalue weighted by Crippen LogP contribution is 2.32. The highest BCUT2D eigenvalue weighted by molar-refractivity contribution is 8.00. The van der Waals surface area contributed by atoms with Crippen molar-refractivity contribution in [2.45, 2.75) is 55.0 Å². The molecule has 0 saturated carbocycles. The van der Waals surface area contributed by atoms with Crippen LogP contribution in [0.5, 0.6) is 0 Å². The Bertz CT molecular complexity index is 1330. The van der Waals surface area contributed by atoms with Crippen molar-refractivity contribution in [2.75, 3.05) is 13.1 Å². The molecule has 0 spiro atoms. The number of imidazole rings is 1. The van der Waals surface area contributed by atoms with Crippen LogP contribution in [0.4, 0.5) is 13.2 Å². The number of thioether (sulfide) groups is 1. The number of fused-ring (bicyclic) bond motifs is 1. The van der Waals surface area contributed by atoms with Crippen molar-refractivity contribution < 1.29 is 26.4 Å². The molecule has 34 heavy (non-hydrogen) atoms. The third-order valence-electron chi connectivity index (χ3n) is 5.86. The van der Waals surface area contributed by atoms with Crippen LogP contribution in [0.3, 0.4) is 0 Å². The second kappa shape index (κ2) is 9.71. The number of rotatable bonds is 7. The third kappa shape index (κ3) is 4.60. The maximum absolute atomic E-state index is 14.1. The van der Waals surface area contributed by atoms with Gasteiger partial charge < -0.3 is 4.57 Å². The molecule has 182 valence electrons. The number of carbonyl (C=O) groups excluding carboxylic acids is 1. The van der Waals surface area contributed by atoms with E-state index in [2.05, 4.69) is 4.98 Å². The fourth-order valence-corrected chi connectivity index (χ4v) is 6.67. The molecule has 0 aliphatic carbocycles. The Hall–Kier alpha value is -2.37. The molecule has 1 aliphatic rings. The predicted molar refractivity (Wildman–Crippen MR) is 124 cm³/mol. The number of ketones is 1. The van der Waals surface area contributed by atoms with Crippen molar-refractivity contribution in [3.63, 3.8) is 0 Å². The molecule has 1 saturated heterocycles. The number of halogens is 3. The van der Waals surface area contributed by atoms with Gasteiger partial charge in [0.1, 0.15) is 17.5 Å². The van der Waals surface area contributed by atoms with E-state index in [1.807, 2.05) is 6.92 Å². The summed E-state index contributed by atoms with van der Waals surface area (Å²) in [5.74, 6) is -4.45. The first-order valence-corrected chi connectivity index (χ1v) is 13.3. The summed E-state index contributed by atoms with van der Waals surface area (Å²) in [4.78, 5) is 17.4. The van der Waals surface area contributed by atoms with Crippen LogP contribution in [0.15, 0.2) is 40.4 Å². The number of hydrogen-bond donors (Lipinski definition) is 0. The highest BCUT2D eigenvalue weighted by Gasteiger charge is 2.28. The first kappa shape index (κ1) is 24.7. The summed E-state index contributed by atoms with van der Waals surface area (Å²) < 4.78 is 70.8. The lowest BCUT2D eigenvalue weighted by Gasteiger charge is -2.25. The molecular formula is C23H24F3N3O3S2. The normalized spacial score (nSPS) is 16.1. The summed E-state index contributed by atoms with van der Waals surface area (Å²) in [5.41, 5.74) is 0.332. The molecule has 0 radical (unpaired) electrons. The molecule has 1 unspecified atom stereocenters. The lowest BCUT2D eigenvalue weighted by Crippen LogP contribution is -2.35. The lowest BCUT2D eigenvalue weighted by molar-refractivity contribution is 0.0985. The lowest BCUT2D eigenvalue weighted by atomic mass is 10.1. The third-order valence-corrected chi connectivity index (χ3v) is 8.84. The molecule has 0 amide bonds. The standard InChI is InChI=1S/C23H24F3N3O3S2/c1-3-29-20-8-7-16(34(31,32)28-9-5-4-6-10-28)13-19(20)27-23(29)33-14(2)22(30)21-17(25)11-15(24)12-18(21)26/h7-8,11-14H,3-6,9-10H2,1-2H3. The summed E-state index contributed by atoms with van der Waals surface area (Å²) in [6, 6.07) is 5.69. The van der Waals surface area contributed by atoms with Gasteiger partial charge in [-0.2, -0.15) is 4.31 Å². The van der Waals surface area contributed by atoms with Gasteiger partial charge in [-0.3, -0.25) is 4.79 Å². The highest BCUT2D eigenvalue weighted by atomic mass is 32.2. The van der Waals surface area contributed by atoms with Crippen molar-refractivity contribution >= 4 is 38.6 Å². The van der Waals surface area contributed by atoms with E-state index in [9.17, 15) is 26.4 Å². The topological polar surface area (TPSA) is 72.3 Å². The average molecular weight is 512 g/mol. The van der Waals surface area contributed by atoms with Crippen molar-refractivity contribution in [3.05, 3.63) is 53.3 Å². The van der Waals surface area contributed by atoms with Gasteiger partial charge >= 0.3 is 0 Å². The smallest absolute Gasteiger partial charge is 0.243 e. The van der Waals surface area contributed by atoms with Crippen molar-refractivity contribution in [1.82, 2.24) is 13.9 Å². The quantitative estimate of drug-likeness (QED) is 0.329. The van der Waals surface area contributed by atoms with Gasteiger partial charge in [-0.15, -0.1) is 0 Å². The minimum absolute atomic E-state index is 0.152. The molecule has 0 N–H and O–H groups in total. The molecule has 1 atom stereocenters. The van der Waals surface area contributed by atoms with Crippen LogP contribution in [0, 0.1) is 17.5 Å². The number of carbonyl (C=O) groups is 1. The second-order valence-electron chi connectivity index (χ2n) is 8.12. The van der Waals surface area contributed by atoms with E-state index >= 15 is 0 Å². The number of piperidine rings is 1. The Labute approximate surface area is 200 Å². The molecule has 1 fully saturated rings. The van der Waals surface area contributed by atoms with E-state index in [1.54, 1.807) is 16.7 Å². The van der Waals surface area contributed by atoms with Crippen molar-refractivity contribution in [2.24, 2.45) is 0 Å². The second-order valence-corrected chi connectivity index (χ2v) is 11.4. The van der Waals surface area contributed by atoms with Gasteiger partial charge in [-0.25, -0.2) is 26.6 Å². The van der Waals surface area contributed by atoms with Crippen LogP contribution >= 0.6 is 11.8 Å².